The molecule has 1 amide bonds. The second kappa shape index (κ2) is 21.3. The molecular weight excluding hydrogens is 952 g/mol. The van der Waals surface area contributed by atoms with Crippen molar-refractivity contribution in [1.29, 1.82) is 0 Å². The van der Waals surface area contributed by atoms with Gasteiger partial charge in [0.2, 0.25) is 0 Å². The summed E-state index contributed by atoms with van der Waals surface area (Å²) in [5.74, 6) is -0.686. The highest BCUT2D eigenvalue weighted by molar-refractivity contribution is 7.90. The van der Waals surface area contributed by atoms with Gasteiger partial charge in [-0.05, 0) is 137 Å². The van der Waals surface area contributed by atoms with Gasteiger partial charge in [0.25, 0.3) is 21.8 Å². The number of hydroxylamine groups is 1. The molecule has 1 unspecified atom stereocenters. The van der Waals surface area contributed by atoms with Gasteiger partial charge in [0.15, 0.2) is 5.75 Å². The number of allylic oxidation sites excluding steroid dienone is 2. The van der Waals surface area contributed by atoms with Crippen molar-refractivity contribution in [3.63, 3.8) is 0 Å². The summed E-state index contributed by atoms with van der Waals surface area (Å²) in [6.07, 6.45) is 9.36. The molecule has 3 aliphatic carbocycles. The first-order valence-electron chi connectivity index (χ1n) is 25.8. The number of hydrogen-bond acceptors (Lipinski definition) is 15. The van der Waals surface area contributed by atoms with Gasteiger partial charge in [-0.1, -0.05) is 44.7 Å². The number of rotatable bonds is 17. The number of halogens is 1. The van der Waals surface area contributed by atoms with E-state index in [2.05, 4.69) is 79.4 Å². The molecule has 0 radical (unpaired) electrons. The van der Waals surface area contributed by atoms with E-state index < -0.39 is 32.3 Å². The number of piperidine rings is 1. The minimum absolute atomic E-state index is 0.00644. The number of aliphatic hydroxyl groups is 2. The zero-order valence-electron chi connectivity index (χ0n) is 42.7. The summed E-state index contributed by atoms with van der Waals surface area (Å²) in [5, 5.41) is 36.7. The van der Waals surface area contributed by atoms with E-state index in [-0.39, 0.29) is 70.6 Å². The molecule has 4 heterocycles. The number of nitrogens with zero attached hydrogens (tertiary/aromatic N) is 6. The van der Waals surface area contributed by atoms with Crippen LogP contribution < -0.4 is 29.5 Å². The molecule has 2 aromatic heterocycles. The first-order valence-corrected chi connectivity index (χ1v) is 27.3. The lowest BCUT2D eigenvalue weighted by Gasteiger charge is -2.58. The fraction of sp³-hybridized carbons (Fsp3) is 0.509. The molecule has 16 nitrogen and oxygen atoms in total. The van der Waals surface area contributed by atoms with E-state index in [1.54, 1.807) is 19.1 Å². The summed E-state index contributed by atoms with van der Waals surface area (Å²) < 4.78 is 57.7. The predicted molar refractivity (Wildman–Crippen MR) is 282 cm³/mol. The number of pyridine rings is 2. The van der Waals surface area contributed by atoms with Gasteiger partial charge in [-0.25, -0.2) is 27.5 Å². The van der Waals surface area contributed by atoms with Gasteiger partial charge in [-0.15, -0.1) is 0 Å². The van der Waals surface area contributed by atoms with Crippen molar-refractivity contribution < 1.29 is 37.3 Å². The Morgan fingerprint density at radius 2 is 1.78 bits per heavy atom. The van der Waals surface area contributed by atoms with Gasteiger partial charge in [0.1, 0.15) is 22.3 Å². The minimum atomic E-state index is -4.61. The highest BCUT2D eigenvalue weighted by Crippen LogP contribution is 2.54. The average molecular weight is 1020 g/mol. The molecule has 18 heteroatoms. The summed E-state index contributed by atoms with van der Waals surface area (Å²) in [4.78, 5) is 30.1. The van der Waals surface area contributed by atoms with Crippen molar-refractivity contribution in [2.75, 3.05) is 81.4 Å². The summed E-state index contributed by atoms with van der Waals surface area (Å²) >= 11 is 0. The third-order valence-corrected chi connectivity index (χ3v) is 17.2. The molecule has 4 aromatic rings. The number of amides is 1. The van der Waals surface area contributed by atoms with Crippen LogP contribution in [0.15, 0.2) is 78.3 Å². The zero-order valence-corrected chi connectivity index (χ0v) is 43.5. The number of piperazine rings is 1. The van der Waals surface area contributed by atoms with Crippen molar-refractivity contribution in [1.82, 2.24) is 24.5 Å². The molecule has 2 saturated heterocycles. The first-order chi connectivity index (χ1) is 34.9. The van der Waals surface area contributed by atoms with Crippen molar-refractivity contribution >= 4 is 44.5 Å². The number of benzene rings is 2. The molecule has 4 fully saturated rings. The molecule has 4 N–H and O–H groups in total. The lowest BCUT2D eigenvalue weighted by molar-refractivity contribution is -0.0629. The second-order valence-corrected chi connectivity index (χ2v) is 23.0. The Morgan fingerprint density at radius 1 is 1.04 bits per heavy atom. The smallest absolute Gasteiger partial charge is 0.268 e. The Labute approximate surface area is 428 Å². The van der Waals surface area contributed by atoms with Crippen LogP contribution in [0.25, 0.3) is 11.4 Å². The number of anilines is 3. The van der Waals surface area contributed by atoms with Gasteiger partial charge in [0, 0.05) is 81.4 Å². The third kappa shape index (κ3) is 11.2. The van der Waals surface area contributed by atoms with E-state index in [4.69, 9.17) is 9.47 Å². The molecule has 5 aliphatic rings. The Bertz CT molecular complexity index is 2830. The van der Waals surface area contributed by atoms with Gasteiger partial charge < -0.3 is 40.2 Å². The fourth-order valence-corrected chi connectivity index (χ4v) is 12.6. The van der Waals surface area contributed by atoms with Crippen LogP contribution in [0, 0.1) is 16.5 Å². The van der Waals surface area contributed by atoms with Crippen LogP contribution >= 0.6 is 0 Å². The second-order valence-electron chi connectivity index (χ2n) is 21.3. The van der Waals surface area contributed by atoms with Gasteiger partial charge in [0.05, 0.1) is 35.8 Å². The quantitative estimate of drug-likeness (QED) is 0.0734. The van der Waals surface area contributed by atoms with Crippen LogP contribution in [0.5, 0.6) is 17.4 Å². The number of carbonyl (C=O) groups is 1. The summed E-state index contributed by atoms with van der Waals surface area (Å²) in [7, 11) is -3.37. The van der Waals surface area contributed by atoms with Crippen LogP contribution in [0.1, 0.15) is 124 Å². The molecule has 2 saturated carbocycles. The molecular formula is C55H70FN8O8S-. The number of aromatic nitrogens is 2. The van der Waals surface area contributed by atoms with Crippen LogP contribution in [-0.4, -0.2) is 122 Å². The molecule has 392 valence electrons. The van der Waals surface area contributed by atoms with Crippen LogP contribution in [-0.2, 0) is 10.0 Å². The lowest BCUT2D eigenvalue weighted by Crippen LogP contribution is -2.60. The number of hydrogen-bond donors (Lipinski definition) is 4. The van der Waals surface area contributed by atoms with Gasteiger partial charge in [-0.3, -0.25) is 14.6 Å². The maximum atomic E-state index is 15.2. The third-order valence-electron chi connectivity index (χ3n) is 15.9. The lowest BCUT2D eigenvalue weighted by atomic mass is 9.59. The molecule has 2 aromatic carbocycles. The van der Waals surface area contributed by atoms with Crippen molar-refractivity contribution in [3.05, 3.63) is 107 Å². The van der Waals surface area contributed by atoms with Crippen molar-refractivity contribution in [3.8, 4) is 17.4 Å². The Balaban J connectivity index is 0.941. The molecule has 2 aliphatic heterocycles. The Kier molecular flexibility index (Phi) is 15.2. The number of carbonyl (C=O) groups excluding carboxylic acids is 1. The topological polar surface area (TPSA) is 196 Å². The average Bonchev–Trinajstić information content (AvgIpc) is 3.63. The highest BCUT2D eigenvalue weighted by Gasteiger charge is 2.50. The number of ether oxygens (including phenoxy) is 2. The molecule has 0 bridgehead atoms. The van der Waals surface area contributed by atoms with Crippen LogP contribution in [0.2, 0.25) is 0 Å². The number of aliphatic hydroxyl groups excluding tert-OH is 1. The molecule has 73 heavy (non-hydrogen) atoms. The standard InChI is InChI=1S/C55H70FN8O8S/c1-7-71-53-49(29-44-45(56)26-36(4)50(44)59-53)72-48-27-38(12-13-43(48)52(66)60-73(69,70)40-28-46(61(6)68)51(58-33-40)57-32-37-14-16-54(5,67)17-15-37)63-20-18-55(19-21-63)30-39(31-55)64-23-22-62(24-25-65)34-47(64)42-11-9-8-10-41(42)35(2)3/h8-13,26-29,33,35,37,39,47,65,67H,4,7,14-25,30-32,34H2,1-3,5-6H3,(H,57,58)(H,60,66)/q-1. The number of nitrogens with one attached hydrogen (secondary N) is 2. The Morgan fingerprint density at radius 3 is 2.48 bits per heavy atom. The molecule has 1 atom stereocenters. The van der Waals surface area contributed by atoms with E-state index in [1.165, 1.54) is 42.4 Å². The number of β-amino-alcohol motifs (C(OH)–C–C–N with tert-alkyl or cyclic N) is 1. The predicted octanol–water partition coefficient (Wildman–Crippen LogP) is 8.63. The normalized spacial score (nSPS) is 22.5. The maximum absolute atomic E-state index is 15.2. The van der Waals surface area contributed by atoms with Crippen molar-refractivity contribution in [2.45, 2.75) is 108 Å². The van der Waals surface area contributed by atoms with Crippen molar-refractivity contribution in [2.24, 2.45) is 11.3 Å². The van der Waals surface area contributed by atoms with E-state index in [1.807, 2.05) is 6.92 Å². The fourth-order valence-electron chi connectivity index (χ4n) is 11.6. The van der Waals surface area contributed by atoms with E-state index >= 15 is 4.39 Å². The zero-order chi connectivity index (χ0) is 51.8. The van der Waals surface area contributed by atoms with E-state index in [9.17, 15) is 28.6 Å². The van der Waals surface area contributed by atoms with E-state index in [0.717, 1.165) is 83.1 Å². The minimum Gasteiger partial charge on any atom is -0.758 e. The summed E-state index contributed by atoms with van der Waals surface area (Å²) in [5.41, 5.74) is 3.65. The first kappa shape index (κ1) is 52.2. The molecule has 1 spiro atoms. The monoisotopic (exact) mass is 1020 g/mol. The van der Waals surface area contributed by atoms with Crippen LogP contribution in [0.3, 0.4) is 0 Å². The highest BCUT2D eigenvalue weighted by atomic mass is 32.2. The number of fused-ring (bicyclic) bond motifs is 1. The van der Waals surface area contributed by atoms with Gasteiger partial charge in [-0.2, -0.15) is 0 Å². The van der Waals surface area contributed by atoms with Gasteiger partial charge >= 0.3 is 0 Å². The summed E-state index contributed by atoms with van der Waals surface area (Å²) in [6.45, 7) is 17.7. The van der Waals surface area contributed by atoms with E-state index in [0.29, 0.717) is 54.2 Å². The van der Waals surface area contributed by atoms with Crippen LogP contribution in [0.4, 0.5) is 21.6 Å². The SMILES string of the molecule is C=C1C=C(F)c2cc(Oc3cc(N4CCC5(CC4)CC(N4CCN(CCO)CC4c4ccccc4C(C)C)C5)ccc3C(=O)NS(=O)(=O)c3cnc(NCC4CCC(C)(O)CC4)c(N(C)[O-])c3)c(OCC)nc21. The molecule has 9 rings (SSSR count). The Hall–Kier alpha value is -5.63. The summed E-state index contributed by atoms with van der Waals surface area (Å²) in [6, 6.07) is 17.1. The maximum Gasteiger partial charge on any atom is 0.268 e. The largest absolute Gasteiger partial charge is 0.758 e. The number of sulfonamides is 1.